The average Bonchev–Trinajstić information content (AvgIpc) is 3.32. The van der Waals surface area contributed by atoms with Crippen LogP contribution in [0.1, 0.15) is 10.5 Å². The Morgan fingerprint density at radius 2 is 1.83 bits per heavy atom. The van der Waals surface area contributed by atoms with E-state index in [0.29, 0.717) is 21.4 Å². The van der Waals surface area contributed by atoms with E-state index < -0.39 is 17.9 Å². The molecule has 0 aliphatic carbocycles. The summed E-state index contributed by atoms with van der Waals surface area (Å²) in [4.78, 5) is 16.0. The number of hydrogen-bond acceptors (Lipinski definition) is 8. The molecule has 0 radical (unpaired) electrons. The molecule has 0 bridgehead atoms. The molecule has 3 heterocycles. The van der Waals surface area contributed by atoms with Crippen molar-refractivity contribution < 1.29 is 29.2 Å². The topological polar surface area (TPSA) is 135 Å². The molecule has 0 fully saturated rings. The summed E-state index contributed by atoms with van der Waals surface area (Å²) in [5, 5.41) is 36.7. The van der Waals surface area contributed by atoms with Crippen molar-refractivity contribution in [3.8, 4) is 22.4 Å². The Balaban J connectivity index is 1.97. The van der Waals surface area contributed by atoms with Gasteiger partial charge >= 0.3 is 12.1 Å². The first kappa shape index (κ1) is 18.7. The Kier molecular flexibility index (Phi) is 4.34. The molecular formula is C18H14FN5O5. The molecule has 0 unspecified atom stereocenters. The molecule has 0 saturated heterocycles. The predicted octanol–water partition coefficient (Wildman–Crippen LogP) is 0.730. The Labute approximate surface area is 162 Å². The van der Waals surface area contributed by atoms with Crippen LogP contribution in [0.2, 0.25) is 0 Å². The minimum atomic E-state index is -3.26. The zero-order valence-corrected chi connectivity index (χ0v) is 14.9. The number of nitrogens with zero attached hydrogens (tertiary/aromatic N) is 5. The summed E-state index contributed by atoms with van der Waals surface area (Å²) in [6.07, 6.45) is 0.742. The SMILES string of the molecule is COC(=O)c1cn2nccc(-c3cn(C(O)(O)O)nc3-c3ccc(F)cc3)c2n1. The van der Waals surface area contributed by atoms with E-state index >= 15 is 0 Å². The molecule has 0 spiro atoms. The van der Waals surface area contributed by atoms with Crippen LogP contribution in [0, 0.1) is 5.82 Å². The summed E-state index contributed by atoms with van der Waals surface area (Å²) in [5.74, 6) is -1.12. The van der Waals surface area contributed by atoms with Gasteiger partial charge in [0.15, 0.2) is 11.3 Å². The molecule has 0 aliphatic rings. The summed E-state index contributed by atoms with van der Waals surface area (Å²) < 4.78 is 19.9. The van der Waals surface area contributed by atoms with Crippen LogP contribution in [0.15, 0.2) is 48.9 Å². The van der Waals surface area contributed by atoms with E-state index in [0.717, 1.165) is 0 Å². The molecule has 0 atom stereocenters. The number of fused-ring (bicyclic) bond motifs is 1. The quantitative estimate of drug-likeness (QED) is 0.338. The van der Waals surface area contributed by atoms with Crippen LogP contribution in [0.5, 0.6) is 0 Å². The van der Waals surface area contributed by atoms with E-state index in [2.05, 4.69) is 19.9 Å². The van der Waals surface area contributed by atoms with Gasteiger partial charge in [-0.15, -0.1) is 0 Å². The molecule has 0 saturated carbocycles. The summed E-state index contributed by atoms with van der Waals surface area (Å²) in [7, 11) is 1.22. The van der Waals surface area contributed by atoms with Crippen molar-refractivity contribution in [2.24, 2.45) is 0 Å². The van der Waals surface area contributed by atoms with Gasteiger partial charge in [-0.3, -0.25) is 0 Å². The minimum absolute atomic E-state index is 0.0176. The van der Waals surface area contributed by atoms with Crippen molar-refractivity contribution in [3.05, 3.63) is 60.4 Å². The highest BCUT2D eigenvalue weighted by Gasteiger charge is 2.27. The second kappa shape index (κ2) is 6.74. The van der Waals surface area contributed by atoms with Crippen LogP contribution >= 0.6 is 0 Å². The Bertz CT molecular complexity index is 1210. The van der Waals surface area contributed by atoms with Gasteiger partial charge in [0.05, 0.1) is 13.3 Å². The largest absolute Gasteiger partial charge is 0.464 e. The minimum Gasteiger partial charge on any atom is -0.464 e. The van der Waals surface area contributed by atoms with Crippen molar-refractivity contribution in [2.45, 2.75) is 6.10 Å². The number of hydrogen-bond donors (Lipinski definition) is 3. The number of aromatic nitrogens is 5. The molecule has 1 aromatic carbocycles. The number of imidazole rings is 1. The third kappa shape index (κ3) is 3.33. The molecule has 10 nitrogen and oxygen atoms in total. The third-order valence-electron chi connectivity index (χ3n) is 4.19. The van der Waals surface area contributed by atoms with Gasteiger partial charge in [0.25, 0.3) is 0 Å². The van der Waals surface area contributed by atoms with E-state index in [1.54, 1.807) is 6.07 Å². The molecule has 29 heavy (non-hydrogen) atoms. The van der Waals surface area contributed by atoms with Crippen molar-refractivity contribution in [1.82, 2.24) is 24.4 Å². The lowest BCUT2D eigenvalue weighted by Crippen LogP contribution is -2.32. The van der Waals surface area contributed by atoms with Crippen molar-refractivity contribution in [2.75, 3.05) is 7.11 Å². The van der Waals surface area contributed by atoms with E-state index in [1.807, 2.05) is 0 Å². The van der Waals surface area contributed by atoms with Crippen LogP contribution in [0.4, 0.5) is 4.39 Å². The molecular weight excluding hydrogens is 385 g/mol. The maximum Gasteiger partial charge on any atom is 0.389 e. The zero-order chi connectivity index (χ0) is 20.8. The second-order valence-corrected chi connectivity index (χ2v) is 6.07. The first-order valence-corrected chi connectivity index (χ1v) is 8.24. The van der Waals surface area contributed by atoms with Crippen molar-refractivity contribution >= 4 is 11.6 Å². The van der Waals surface area contributed by atoms with Crippen LogP contribution < -0.4 is 0 Å². The van der Waals surface area contributed by atoms with Gasteiger partial charge in [0, 0.05) is 29.1 Å². The summed E-state index contributed by atoms with van der Waals surface area (Å²) >= 11 is 0. The zero-order valence-electron chi connectivity index (χ0n) is 14.9. The van der Waals surface area contributed by atoms with E-state index in [9.17, 15) is 24.5 Å². The van der Waals surface area contributed by atoms with E-state index in [4.69, 9.17) is 0 Å². The van der Waals surface area contributed by atoms with E-state index in [1.165, 1.54) is 54.5 Å². The summed E-state index contributed by atoms with van der Waals surface area (Å²) in [6.45, 7) is 0. The fourth-order valence-corrected chi connectivity index (χ4v) is 2.86. The van der Waals surface area contributed by atoms with Gasteiger partial charge in [0.1, 0.15) is 11.5 Å². The fraction of sp³-hybridized carbons (Fsp3) is 0.111. The average molecular weight is 399 g/mol. The molecule has 0 aliphatic heterocycles. The molecule has 4 rings (SSSR count). The molecule has 3 N–H and O–H groups in total. The smallest absolute Gasteiger partial charge is 0.389 e. The number of benzene rings is 1. The highest BCUT2D eigenvalue weighted by atomic mass is 19.1. The number of rotatable bonds is 4. The molecule has 4 aromatic rings. The maximum absolute atomic E-state index is 13.3. The lowest BCUT2D eigenvalue weighted by atomic mass is 10.0. The highest BCUT2D eigenvalue weighted by Crippen LogP contribution is 2.34. The molecule has 148 valence electrons. The van der Waals surface area contributed by atoms with Crippen LogP contribution in [0.25, 0.3) is 28.0 Å². The third-order valence-corrected chi connectivity index (χ3v) is 4.19. The number of ether oxygens (including phenoxy) is 1. The number of halogens is 1. The van der Waals surface area contributed by atoms with Gasteiger partial charge in [-0.1, -0.05) is 0 Å². The van der Waals surface area contributed by atoms with Gasteiger partial charge < -0.3 is 20.1 Å². The highest BCUT2D eigenvalue weighted by molar-refractivity contribution is 5.91. The molecule has 0 amide bonds. The standard InChI is InChI=1S/C18H14FN5O5/c1-29-17(25)14-9-23-16(21-14)12(6-7-20-23)13-8-24(18(26,27)28)22-15(13)10-2-4-11(19)5-3-10/h2-9,26-28H,1H3. The summed E-state index contributed by atoms with van der Waals surface area (Å²) in [6, 6.07) is 6.91. The van der Waals surface area contributed by atoms with E-state index in [-0.39, 0.29) is 17.0 Å². The molecule has 3 aromatic heterocycles. The van der Waals surface area contributed by atoms with Gasteiger partial charge in [0.2, 0.25) is 0 Å². The fourth-order valence-electron chi connectivity index (χ4n) is 2.86. The van der Waals surface area contributed by atoms with Gasteiger partial charge in [-0.05, 0) is 30.3 Å². The van der Waals surface area contributed by atoms with Crippen molar-refractivity contribution in [1.29, 1.82) is 0 Å². The second-order valence-electron chi connectivity index (χ2n) is 6.07. The first-order chi connectivity index (χ1) is 13.8. The number of esters is 1. The van der Waals surface area contributed by atoms with Gasteiger partial charge in [-0.25, -0.2) is 18.7 Å². The Hall–Kier alpha value is -3.67. The maximum atomic E-state index is 13.3. The monoisotopic (exact) mass is 399 g/mol. The van der Waals surface area contributed by atoms with Crippen LogP contribution in [-0.2, 0) is 10.8 Å². The molecule has 11 heteroatoms. The number of aliphatic hydroxyl groups is 3. The normalized spacial score (nSPS) is 11.8. The lowest BCUT2D eigenvalue weighted by molar-refractivity contribution is -0.380. The first-order valence-electron chi connectivity index (χ1n) is 8.24. The Morgan fingerprint density at radius 3 is 2.48 bits per heavy atom. The number of methoxy groups -OCH3 is 1. The van der Waals surface area contributed by atoms with Gasteiger partial charge in [-0.2, -0.15) is 14.9 Å². The lowest BCUT2D eigenvalue weighted by Gasteiger charge is -2.12. The summed E-state index contributed by atoms with van der Waals surface area (Å²) in [5.41, 5.74) is 1.68. The van der Waals surface area contributed by atoms with Crippen LogP contribution in [0.3, 0.4) is 0 Å². The predicted molar refractivity (Wildman–Crippen MR) is 95.6 cm³/mol. The van der Waals surface area contributed by atoms with Crippen molar-refractivity contribution in [3.63, 3.8) is 0 Å². The number of carbonyl (C=O) groups excluding carboxylic acids is 1. The Morgan fingerprint density at radius 1 is 1.10 bits per heavy atom. The number of carbonyl (C=O) groups is 1. The van der Waals surface area contributed by atoms with Crippen LogP contribution in [-0.4, -0.2) is 52.8 Å².